The number of anilines is 2. The van der Waals surface area contributed by atoms with Crippen molar-refractivity contribution >= 4 is 38.5 Å². The first kappa shape index (κ1) is 20.3. The smallest absolute Gasteiger partial charge is 0.337 e. The lowest BCUT2D eigenvalue weighted by atomic mass is 10.1. The van der Waals surface area contributed by atoms with Crippen molar-refractivity contribution in [2.75, 3.05) is 12.4 Å². The lowest BCUT2D eigenvalue weighted by molar-refractivity contribution is 0.0601. The highest BCUT2D eigenvalue weighted by atomic mass is 32.2. The zero-order valence-corrected chi connectivity index (χ0v) is 15.9. The number of ether oxygens (including phenoxy) is 1. The minimum absolute atomic E-state index is 0.0211. The van der Waals surface area contributed by atoms with Gasteiger partial charge in [-0.2, -0.15) is 0 Å². The van der Waals surface area contributed by atoms with Gasteiger partial charge in [-0.15, -0.1) is 0 Å². The van der Waals surface area contributed by atoms with E-state index in [4.69, 9.17) is 5.14 Å². The topological polar surface area (TPSA) is 124 Å². The first-order chi connectivity index (χ1) is 12.9. The van der Waals surface area contributed by atoms with E-state index in [1.165, 1.54) is 19.2 Å². The molecule has 0 radical (unpaired) electrons. The third kappa shape index (κ3) is 4.99. The first-order valence-electron chi connectivity index (χ1n) is 8.12. The van der Waals surface area contributed by atoms with Crippen LogP contribution in [0.3, 0.4) is 0 Å². The van der Waals surface area contributed by atoms with Gasteiger partial charge in [0.25, 0.3) is 0 Å². The molecule has 3 rings (SSSR count). The van der Waals surface area contributed by atoms with Gasteiger partial charge in [-0.25, -0.2) is 28.3 Å². The molecule has 0 amide bonds. The van der Waals surface area contributed by atoms with Gasteiger partial charge in [-0.3, -0.25) is 0 Å². The maximum absolute atomic E-state index is 11.5. The van der Waals surface area contributed by atoms with Gasteiger partial charge in [0.2, 0.25) is 16.0 Å². The largest absolute Gasteiger partial charge is 0.465 e. The molecule has 0 aliphatic rings. The molecular weight excluding hydrogens is 368 g/mol. The van der Waals surface area contributed by atoms with Gasteiger partial charge < -0.3 is 10.1 Å². The molecule has 9 heteroatoms. The van der Waals surface area contributed by atoms with Crippen LogP contribution < -0.4 is 10.5 Å². The molecule has 3 N–H and O–H groups in total. The second-order valence-electron chi connectivity index (χ2n) is 5.15. The fraction of sp³-hybridized carbons (Fsp3) is 0.167. The summed E-state index contributed by atoms with van der Waals surface area (Å²) < 4.78 is 27.2. The van der Waals surface area contributed by atoms with Gasteiger partial charge >= 0.3 is 5.97 Å². The molecule has 0 saturated carbocycles. The van der Waals surface area contributed by atoms with Crippen molar-refractivity contribution in [1.29, 1.82) is 0 Å². The number of nitrogens with one attached hydrogen (secondary N) is 1. The zero-order valence-electron chi connectivity index (χ0n) is 15.1. The van der Waals surface area contributed by atoms with E-state index in [-0.39, 0.29) is 4.90 Å². The Hall–Kier alpha value is -3.04. The van der Waals surface area contributed by atoms with E-state index in [1.54, 1.807) is 36.5 Å². The third-order valence-electron chi connectivity index (χ3n) is 3.44. The number of primary sulfonamides is 1. The van der Waals surface area contributed by atoms with Gasteiger partial charge in [-0.05, 0) is 42.5 Å². The summed E-state index contributed by atoms with van der Waals surface area (Å²) in [5.74, 6) is -0.0966. The lowest BCUT2D eigenvalue weighted by Crippen LogP contribution is -2.11. The monoisotopic (exact) mass is 388 g/mol. The number of fused-ring (bicyclic) bond motifs is 1. The number of methoxy groups -OCH3 is 1. The minimum Gasteiger partial charge on any atom is -0.465 e. The zero-order chi connectivity index (χ0) is 20.0. The minimum atomic E-state index is -3.73. The molecule has 142 valence electrons. The Morgan fingerprint density at radius 3 is 2.37 bits per heavy atom. The van der Waals surface area contributed by atoms with Crippen molar-refractivity contribution in [3.63, 3.8) is 0 Å². The van der Waals surface area contributed by atoms with E-state index in [0.717, 1.165) is 0 Å². The maximum atomic E-state index is 11.5. The van der Waals surface area contributed by atoms with Crippen molar-refractivity contribution in [3.8, 4) is 0 Å². The van der Waals surface area contributed by atoms with Crippen LogP contribution in [0.15, 0.2) is 53.6 Å². The first-order valence-corrected chi connectivity index (χ1v) is 9.66. The number of sulfonamides is 1. The van der Waals surface area contributed by atoms with Crippen LogP contribution in [0.25, 0.3) is 10.9 Å². The van der Waals surface area contributed by atoms with Crippen LogP contribution in [0.4, 0.5) is 11.6 Å². The van der Waals surface area contributed by atoms with Gasteiger partial charge in [0.05, 0.1) is 23.1 Å². The van der Waals surface area contributed by atoms with Crippen molar-refractivity contribution < 1.29 is 17.9 Å². The summed E-state index contributed by atoms with van der Waals surface area (Å²) in [6.45, 7) is 4.00. The molecule has 8 nitrogen and oxygen atoms in total. The normalized spacial score (nSPS) is 10.7. The molecule has 0 atom stereocenters. The highest BCUT2D eigenvalue weighted by molar-refractivity contribution is 7.89. The van der Waals surface area contributed by atoms with E-state index < -0.39 is 16.0 Å². The van der Waals surface area contributed by atoms with Crippen LogP contribution in [0.5, 0.6) is 0 Å². The number of nitrogens with two attached hydrogens (primary N) is 1. The van der Waals surface area contributed by atoms with E-state index in [9.17, 15) is 13.2 Å². The Bertz CT molecular complexity index is 1050. The van der Waals surface area contributed by atoms with Gasteiger partial charge in [0.1, 0.15) is 0 Å². The summed E-state index contributed by atoms with van der Waals surface area (Å²) in [4.78, 5) is 20.1. The SMILES string of the molecule is CC.COC(=O)c1ccc2nc(Nc3ccc(S(N)(=O)=O)cc3)ncc2c1. The number of rotatable bonds is 4. The highest BCUT2D eigenvalue weighted by Crippen LogP contribution is 2.19. The van der Waals surface area contributed by atoms with Crippen molar-refractivity contribution in [2.45, 2.75) is 18.7 Å². The summed E-state index contributed by atoms with van der Waals surface area (Å²) in [5, 5.41) is 8.73. The number of benzene rings is 2. The predicted octanol–water partition coefficient (Wildman–Crippen LogP) is 2.83. The Morgan fingerprint density at radius 1 is 1.11 bits per heavy atom. The number of carbonyl (C=O) groups excluding carboxylic acids is 1. The molecule has 1 aromatic heterocycles. The molecule has 0 saturated heterocycles. The fourth-order valence-corrected chi connectivity index (χ4v) is 2.71. The quantitative estimate of drug-likeness (QED) is 0.658. The number of hydrogen-bond donors (Lipinski definition) is 2. The third-order valence-corrected chi connectivity index (χ3v) is 4.37. The Morgan fingerprint density at radius 2 is 1.78 bits per heavy atom. The standard InChI is InChI=1S/C16H14N4O4S.C2H6/c1-24-15(21)10-2-7-14-11(8-10)9-18-16(20-14)19-12-3-5-13(6-4-12)25(17,22)23;1-2/h2-9H,1H3,(H2,17,22,23)(H,18,19,20);1-2H3. The van der Waals surface area contributed by atoms with Crippen LogP contribution in [0.2, 0.25) is 0 Å². The molecule has 0 unspecified atom stereocenters. The number of nitrogens with zero attached hydrogens (tertiary/aromatic N) is 2. The molecule has 3 aromatic rings. The molecule has 0 spiro atoms. The summed E-state index contributed by atoms with van der Waals surface area (Å²) >= 11 is 0. The van der Waals surface area contributed by atoms with Crippen molar-refractivity contribution in [1.82, 2.24) is 9.97 Å². The van der Waals surface area contributed by atoms with Crippen LogP contribution >= 0.6 is 0 Å². The van der Waals surface area contributed by atoms with Crippen LogP contribution in [-0.2, 0) is 14.8 Å². The maximum Gasteiger partial charge on any atom is 0.337 e. The van der Waals surface area contributed by atoms with Gasteiger partial charge in [0.15, 0.2) is 0 Å². The summed E-state index contributed by atoms with van der Waals surface area (Å²) in [6.07, 6.45) is 1.58. The second-order valence-corrected chi connectivity index (χ2v) is 6.71. The van der Waals surface area contributed by atoms with E-state index in [2.05, 4.69) is 20.0 Å². The average molecular weight is 388 g/mol. The molecule has 2 aromatic carbocycles. The van der Waals surface area contributed by atoms with E-state index in [1.807, 2.05) is 13.8 Å². The number of aromatic nitrogens is 2. The summed E-state index contributed by atoms with van der Waals surface area (Å²) in [5.41, 5.74) is 1.67. The van der Waals surface area contributed by atoms with Gasteiger partial charge in [-0.1, -0.05) is 13.8 Å². The fourth-order valence-electron chi connectivity index (χ4n) is 2.20. The Balaban J connectivity index is 0.00000126. The Labute approximate surface area is 157 Å². The van der Waals surface area contributed by atoms with E-state index >= 15 is 0 Å². The van der Waals surface area contributed by atoms with Crippen LogP contribution in [0.1, 0.15) is 24.2 Å². The molecule has 1 heterocycles. The summed E-state index contributed by atoms with van der Waals surface area (Å²) in [7, 11) is -2.41. The molecule has 0 bridgehead atoms. The summed E-state index contributed by atoms with van der Waals surface area (Å²) in [6, 6.07) is 10.9. The molecule has 27 heavy (non-hydrogen) atoms. The van der Waals surface area contributed by atoms with E-state index in [0.29, 0.717) is 28.1 Å². The van der Waals surface area contributed by atoms with Crippen molar-refractivity contribution in [2.24, 2.45) is 5.14 Å². The average Bonchev–Trinajstić information content (AvgIpc) is 2.68. The highest BCUT2D eigenvalue weighted by Gasteiger charge is 2.09. The number of esters is 1. The lowest BCUT2D eigenvalue weighted by Gasteiger charge is -2.07. The van der Waals surface area contributed by atoms with Crippen LogP contribution in [-0.4, -0.2) is 31.5 Å². The Kier molecular flexibility index (Phi) is 6.43. The molecule has 0 aliphatic heterocycles. The second kappa shape index (κ2) is 8.56. The predicted molar refractivity (Wildman–Crippen MR) is 103 cm³/mol. The number of hydrogen-bond acceptors (Lipinski definition) is 7. The van der Waals surface area contributed by atoms with Crippen LogP contribution in [0, 0.1) is 0 Å². The number of carbonyl (C=O) groups is 1. The molecule has 0 aliphatic carbocycles. The van der Waals surface area contributed by atoms with Gasteiger partial charge in [0, 0.05) is 17.3 Å². The van der Waals surface area contributed by atoms with Crippen molar-refractivity contribution in [3.05, 3.63) is 54.2 Å². The molecular formula is C18H20N4O4S. The molecule has 0 fully saturated rings.